The number of ether oxygens (including phenoxy) is 2. The maximum absolute atomic E-state index is 12.6. The number of nitrogens with zero attached hydrogens (tertiary/aromatic N) is 4. The summed E-state index contributed by atoms with van der Waals surface area (Å²) in [6.45, 7) is 0. The van der Waals surface area contributed by atoms with E-state index in [0.717, 1.165) is 6.34 Å². The fourth-order valence-corrected chi connectivity index (χ4v) is 2.16. The monoisotopic (exact) mass is 366 g/mol. The molecule has 0 aromatic carbocycles. The van der Waals surface area contributed by atoms with Gasteiger partial charge < -0.3 is 20.5 Å². The summed E-state index contributed by atoms with van der Waals surface area (Å²) in [6.07, 6.45) is 7.13. The standard InChI is InChI=1S/C18H16N6O3.H2/c1-26-12-6-13(9-20-8-12)27-14-7-15(17(22-10-14)23-11-19)18(25)24-16-4-2-3-5-21-16;/h2-11H,1H3,(H2,19,22,23)(H,21,24,25);1H. The van der Waals surface area contributed by atoms with Gasteiger partial charge in [0.1, 0.15) is 23.1 Å². The Labute approximate surface area is 156 Å². The van der Waals surface area contributed by atoms with E-state index in [2.05, 4.69) is 25.3 Å². The molecule has 3 heterocycles. The molecule has 9 nitrogen and oxygen atoms in total. The average molecular weight is 366 g/mol. The normalized spacial score (nSPS) is 10.6. The molecule has 0 aliphatic heterocycles. The molecule has 0 unspecified atom stereocenters. The minimum absolute atomic E-state index is 0. The smallest absolute Gasteiger partial charge is 0.260 e. The average Bonchev–Trinajstić information content (AvgIpc) is 2.70. The second kappa shape index (κ2) is 8.39. The number of carbonyl (C=O) groups is 1. The molecule has 0 radical (unpaired) electrons. The first-order valence-electron chi connectivity index (χ1n) is 7.83. The predicted molar refractivity (Wildman–Crippen MR) is 102 cm³/mol. The zero-order valence-corrected chi connectivity index (χ0v) is 14.4. The lowest BCUT2D eigenvalue weighted by atomic mass is 10.2. The number of nitrogens with two attached hydrogens (primary N) is 1. The number of anilines is 1. The third kappa shape index (κ3) is 4.54. The van der Waals surface area contributed by atoms with Gasteiger partial charge in [0.15, 0.2) is 5.82 Å². The van der Waals surface area contributed by atoms with Crippen LogP contribution in [0.3, 0.4) is 0 Å². The number of amides is 1. The number of hydrogen-bond acceptors (Lipinski definition) is 7. The first-order chi connectivity index (χ1) is 13.2. The zero-order chi connectivity index (χ0) is 19.1. The van der Waals surface area contributed by atoms with Crippen molar-refractivity contribution in [2.24, 2.45) is 10.7 Å². The van der Waals surface area contributed by atoms with Crippen molar-refractivity contribution in [3.05, 3.63) is 60.7 Å². The van der Waals surface area contributed by atoms with Crippen LogP contribution in [-0.2, 0) is 0 Å². The third-order valence-corrected chi connectivity index (χ3v) is 3.35. The van der Waals surface area contributed by atoms with E-state index in [-0.39, 0.29) is 12.8 Å². The molecule has 138 valence electrons. The van der Waals surface area contributed by atoms with Crippen molar-refractivity contribution in [2.75, 3.05) is 12.4 Å². The Balaban J connectivity index is 0.00000280. The molecular formula is C18H18N6O3. The molecule has 0 bridgehead atoms. The molecule has 1 amide bonds. The van der Waals surface area contributed by atoms with E-state index < -0.39 is 5.91 Å². The van der Waals surface area contributed by atoms with Gasteiger partial charge in [-0.15, -0.1) is 0 Å². The molecule has 3 N–H and O–H groups in total. The van der Waals surface area contributed by atoms with Crippen LogP contribution in [0.5, 0.6) is 17.2 Å². The second-order valence-electron chi connectivity index (χ2n) is 5.15. The highest BCUT2D eigenvalue weighted by molar-refractivity contribution is 6.07. The lowest BCUT2D eigenvalue weighted by Crippen LogP contribution is -2.14. The van der Waals surface area contributed by atoms with Crippen LogP contribution in [0.4, 0.5) is 11.6 Å². The van der Waals surface area contributed by atoms with E-state index in [1.54, 1.807) is 36.7 Å². The summed E-state index contributed by atoms with van der Waals surface area (Å²) in [7, 11) is 1.53. The summed E-state index contributed by atoms with van der Waals surface area (Å²) in [5, 5.41) is 2.67. The fraction of sp³-hybridized carbons (Fsp3) is 0.0556. The molecule has 0 fully saturated rings. The van der Waals surface area contributed by atoms with Crippen molar-refractivity contribution in [3.8, 4) is 17.2 Å². The summed E-state index contributed by atoms with van der Waals surface area (Å²) >= 11 is 0. The number of nitrogens with one attached hydrogen (secondary N) is 1. The Morgan fingerprint density at radius 3 is 2.74 bits per heavy atom. The lowest BCUT2D eigenvalue weighted by Gasteiger charge is -2.10. The zero-order valence-electron chi connectivity index (χ0n) is 14.4. The molecule has 3 aromatic rings. The fourth-order valence-electron chi connectivity index (χ4n) is 2.16. The third-order valence-electron chi connectivity index (χ3n) is 3.35. The van der Waals surface area contributed by atoms with Crippen molar-refractivity contribution in [3.63, 3.8) is 0 Å². The number of methoxy groups -OCH3 is 1. The van der Waals surface area contributed by atoms with Gasteiger partial charge in [-0.25, -0.2) is 15.0 Å². The van der Waals surface area contributed by atoms with Crippen molar-refractivity contribution in [2.45, 2.75) is 0 Å². The van der Waals surface area contributed by atoms with E-state index in [1.165, 1.54) is 25.6 Å². The van der Waals surface area contributed by atoms with E-state index in [9.17, 15) is 4.79 Å². The molecule has 3 rings (SSSR count). The van der Waals surface area contributed by atoms with Gasteiger partial charge in [0.05, 0.1) is 37.6 Å². The van der Waals surface area contributed by atoms with Crippen LogP contribution in [0.2, 0.25) is 0 Å². The molecule has 0 atom stereocenters. The second-order valence-corrected chi connectivity index (χ2v) is 5.15. The molecule has 3 aromatic heterocycles. The summed E-state index contributed by atoms with van der Waals surface area (Å²) in [5.74, 6) is 1.40. The number of hydrogen-bond donors (Lipinski definition) is 2. The minimum atomic E-state index is -0.448. The topological polar surface area (TPSA) is 125 Å². The van der Waals surface area contributed by atoms with Crippen LogP contribution in [-0.4, -0.2) is 34.3 Å². The van der Waals surface area contributed by atoms with Gasteiger partial charge in [0.25, 0.3) is 5.91 Å². The minimum Gasteiger partial charge on any atom is -0.495 e. The maximum atomic E-state index is 12.6. The van der Waals surface area contributed by atoms with Crippen LogP contribution in [0, 0.1) is 0 Å². The SMILES string of the molecule is COc1cncc(Oc2cnc(/N=C\N)c(C(=O)Nc3ccccn3)c2)c1.[HH]. The predicted octanol–water partition coefficient (Wildman–Crippen LogP) is 2.79. The van der Waals surface area contributed by atoms with Gasteiger partial charge in [-0.2, -0.15) is 0 Å². The van der Waals surface area contributed by atoms with Crippen LogP contribution < -0.4 is 20.5 Å². The Morgan fingerprint density at radius 2 is 2.00 bits per heavy atom. The van der Waals surface area contributed by atoms with Gasteiger partial charge in [-0.1, -0.05) is 6.07 Å². The number of pyridine rings is 3. The first-order valence-corrected chi connectivity index (χ1v) is 7.83. The molecule has 9 heteroatoms. The lowest BCUT2D eigenvalue weighted by molar-refractivity contribution is 0.102. The van der Waals surface area contributed by atoms with Crippen LogP contribution in [0.15, 0.2) is 60.1 Å². The molecule has 0 spiro atoms. The summed E-state index contributed by atoms with van der Waals surface area (Å²) in [6, 6.07) is 8.34. The van der Waals surface area contributed by atoms with Crippen molar-refractivity contribution >= 4 is 23.9 Å². The summed E-state index contributed by atoms with van der Waals surface area (Å²) < 4.78 is 10.8. The van der Waals surface area contributed by atoms with Crippen molar-refractivity contribution < 1.29 is 15.7 Å². The highest BCUT2D eigenvalue weighted by Gasteiger charge is 2.15. The van der Waals surface area contributed by atoms with E-state index in [4.69, 9.17) is 15.2 Å². The summed E-state index contributed by atoms with van der Waals surface area (Å²) in [5.41, 5.74) is 5.52. The molecular weight excluding hydrogens is 348 g/mol. The molecule has 0 saturated heterocycles. The Hall–Kier alpha value is -4.01. The van der Waals surface area contributed by atoms with E-state index >= 15 is 0 Å². The van der Waals surface area contributed by atoms with Crippen LogP contribution in [0.1, 0.15) is 11.8 Å². The van der Waals surface area contributed by atoms with Gasteiger partial charge in [-0.3, -0.25) is 9.78 Å². The van der Waals surface area contributed by atoms with Crippen molar-refractivity contribution in [1.29, 1.82) is 0 Å². The Morgan fingerprint density at radius 1 is 1.19 bits per heavy atom. The largest absolute Gasteiger partial charge is 0.495 e. The number of carbonyl (C=O) groups excluding carboxylic acids is 1. The van der Waals surface area contributed by atoms with Gasteiger partial charge in [0.2, 0.25) is 0 Å². The molecule has 27 heavy (non-hydrogen) atoms. The van der Waals surface area contributed by atoms with E-state index in [0.29, 0.717) is 23.1 Å². The first kappa shape index (κ1) is 17.8. The Bertz CT molecular complexity index is 969. The van der Waals surface area contributed by atoms with Gasteiger partial charge >= 0.3 is 0 Å². The maximum Gasteiger partial charge on any atom is 0.260 e. The number of aliphatic imine (C=N–C) groups is 1. The quantitative estimate of drug-likeness (QED) is 0.507. The van der Waals surface area contributed by atoms with Crippen LogP contribution in [0.25, 0.3) is 0 Å². The number of aromatic nitrogens is 3. The van der Waals surface area contributed by atoms with Gasteiger partial charge in [0, 0.05) is 13.7 Å². The number of rotatable bonds is 6. The van der Waals surface area contributed by atoms with Gasteiger partial charge in [-0.05, 0) is 18.2 Å². The highest BCUT2D eigenvalue weighted by Crippen LogP contribution is 2.27. The van der Waals surface area contributed by atoms with E-state index in [1.807, 2.05) is 0 Å². The summed E-state index contributed by atoms with van der Waals surface area (Å²) in [4.78, 5) is 28.7. The Kier molecular flexibility index (Phi) is 5.53. The van der Waals surface area contributed by atoms with Crippen molar-refractivity contribution in [1.82, 2.24) is 15.0 Å². The highest BCUT2D eigenvalue weighted by atomic mass is 16.5. The van der Waals surface area contributed by atoms with Crippen LogP contribution >= 0.6 is 0 Å². The molecule has 0 aliphatic carbocycles. The molecule has 0 saturated carbocycles. The molecule has 0 aliphatic rings.